The van der Waals surface area contributed by atoms with Gasteiger partial charge in [0.2, 0.25) is 0 Å². The summed E-state index contributed by atoms with van der Waals surface area (Å²) in [6.07, 6.45) is 4.18. The van der Waals surface area contributed by atoms with Crippen LogP contribution in [0.25, 0.3) is 0 Å². The van der Waals surface area contributed by atoms with Gasteiger partial charge in [0, 0.05) is 37.4 Å². The molecule has 158 valence electrons. The molecule has 0 aromatic rings. The van der Waals surface area contributed by atoms with Crippen molar-refractivity contribution in [3.8, 4) is 0 Å². The lowest BCUT2D eigenvalue weighted by molar-refractivity contribution is -0.122. The lowest BCUT2D eigenvalue weighted by Crippen LogP contribution is -2.37. The van der Waals surface area contributed by atoms with Crippen LogP contribution >= 0.6 is 0 Å². The molecule has 6 heteroatoms. The van der Waals surface area contributed by atoms with E-state index in [-0.39, 0.29) is 17.6 Å². The standard InChI is InChI=1S/C8H15NO.C7H13NO.C6H13NO/c1-6-3-8(7(2)10)5-9-4-6;1-6(9)7-3-2-4-8-5-7;1-3-6(4-7)5(2)8/h6,8-9H,3-5H2,1-2H3;7-8H,2-5H2,1H3;6H,3-4,7H2,1-2H3. The van der Waals surface area contributed by atoms with Crippen molar-refractivity contribution < 1.29 is 14.4 Å². The molecule has 2 aliphatic heterocycles. The SMILES string of the molecule is CC(=O)C1CCCNC1.CC(=O)C1CNCC(C)C1.CCC(CN)C(C)=O. The van der Waals surface area contributed by atoms with Crippen molar-refractivity contribution in [2.75, 3.05) is 32.7 Å². The molecular weight excluding hydrogens is 342 g/mol. The van der Waals surface area contributed by atoms with Crippen LogP contribution in [0.5, 0.6) is 0 Å². The summed E-state index contributed by atoms with van der Waals surface area (Å²) in [6.45, 7) is 13.5. The molecule has 0 aliphatic carbocycles. The second-order valence-corrected chi connectivity index (χ2v) is 7.91. The van der Waals surface area contributed by atoms with Gasteiger partial charge in [0.25, 0.3) is 0 Å². The van der Waals surface area contributed by atoms with Gasteiger partial charge in [-0.3, -0.25) is 14.4 Å². The summed E-state index contributed by atoms with van der Waals surface area (Å²) in [4.78, 5) is 32.2. The van der Waals surface area contributed by atoms with Crippen molar-refractivity contribution >= 4 is 17.3 Å². The quantitative estimate of drug-likeness (QED) is 0.671. The predicted octanol–water partition coefficient (Wildman–Crippen LogP) is 1.96. The Bertz CT molecular complexity index is 444. The Hall–Kier alpha value is -1.11. The van der Waals surface area contributed by atoms with Crippen LogP contribution in [-0.4, -0.2) is 50.1 Å². The highest BCUT2D eigenvalue weighted by Crippen LogP contribution is 2.15. The summed E-state index contributed by atoms with van der Waals surface area (Å²) in [7, 11) is 0. The van der Waals surface area contributed by atoms with E-state index in [1.807, 2.05) is 6.92 Å². The normalized spacial score (nSPS) is 25.8. The van der Waals surface area contributed by atoms with Crippen LogP contribution in [0.3, 0.4) is 0 Å². The van der Waals surface area contributed by atoms with Crippen molar-refractivity contribution in [1.29, 1.82) is 0 Å². The molecule has 2 heterocycles. The highest BCUT2D eigenvalue weighted by molar-refractivity contribution is 5.79. The van der Waals surface area contributed by atoms with E-state index in [4.69, 9.17) is 5.73 Å². The first-order valence-corrected chi connectivity index (χ1v) is 10.4. The summed E-state index contributed by atoms with van der Waals surface area (Å²) in [6, 6.07) is 0. The summed E-state index contributed by atoms with van der Waals surface area (Å²) < 4.78 is 0. The van der Waals surface area contributed by atoms with Gasteiger partial charge >= 0.3 is 0 Å². The first-order valence-electron chi connectivity index (χ1n) is 10.4. The Morgan fingerprint density at radius 2 is 1.59 bits per heavy atom. The van der Waals surface area contributed by atoms with E-state index in [9.17, 15) is 14.4 Å². The molecule has 0 aromatic carbocycles. The zero-order chi connectivity index (χ0) is 20.8. The van der Waals surface area contributed by atoms with Crippen molar-refractivity contribution in [3.05, 3.63) is 0 Å². The topological polar surface area (TPSA) is 101 Å². The first-order chi connectivity index (χ1) is 12.7. The predicted molar refractivity (Wildman–Crippen MR) is 111 cm³/mol. The molecule has 0 bridgehead atoms. The van der Waals surface area contributed by atoms with Gasteiger partial charge in [-0.05, 0) is 65.5 Å². The third-order valence-corrected chi connectivity index (χ3v) is 5.37. The van der Waals surface area contributed by atoms with Gasteiger partial charge in [-0.25, -0.2) is 0 Å². The lowest BCUT2D eigenvalue weighted by atomic mass is 9.89. The number of hydrogen-bond acceptors (Lipinski definition) is 6. The van der Waals surface area contributed by atoms with E-state index in [1.54, 1.807) is 20.8 Å². The van der Waals surface area contributed by atoms with Crippen LogP contribution in [0.4, 0.5) is 0 Å². The van der Waals surface area contributed by atoms with E-state index >= 15 is 0 Å². The van der Waals surface area contributed by atoms with Gasteiger partial charge in [-0.1, -0.05) is 13.8 Å². The highest BCUT2D eigenvalue weighted by atomic mass is 16.1. The van der Waals surface area contributed by atoms with Crippen molar-refractivity contribution in [3.63, 3.8) is 0 Å². The van der Waals surface area contributed by atoms with E-state index in [1.165, 1.54) is 0 Å². The minimum absolute atomic E-state index is 0.0926. The Morgan fingerprint density at radius 3 is 1.85 bits per heavy atom. The molecule has 0 spiro atoms. The molecule has 27 heavy (non-hydrogen) atoms. The van der Waals surface area contributed by atoms with Crippen LogP contribution in [0.15, 0.2) is 0 Å². The van der Waals surface area contributed by atoms with Gasteiger partial charge in [0.15, 0.2) is 0 Å². The number of hydrogen-bond donors (Lipinski definition) is 3. The van der Waals surface area contributed by atoms with Crippen molar-refractivity contribution in [1.82, 2.24) is 10.6 Å². The molecule has 0 aromatic heterocycles. The largest absolute Gasteiger partial charge is 0.330 e. The molecular formula is C21H41N3O3. The van der Waals surface area contributed by atoms with Gasteiger partial charge < -0.3 is 16.4 Å². The van der Waals surface area contributed by atoms with Crippen LogP contribution in [0.1, 0.15) is 60.3 Å². The molecule has 4 atom stereocenters. The zero-order valence-corrected chi connectivity index (χ0v) is 18.0. The van der Waals surface area contributed by atoms with Gasteiger partial charge in [0.05, 0.1) is 0 Å². The van der Waals surface area contributed by atoms with Crippen LogP contribution < -0.4 is 16.4 Å². The molecule has 0 radical (unpaired) electrons. The summed E-state index contributed by atoms with van der Waals surface area (Å²) in [5, 5.41) is 6.44. The van der Waals surface area contributed by atoms with Gasteiger partial charge in [-0.15, -0.1) is 0 Å². The van der Waals surface area contributed by atoms with Gasteiger partial charge in [0.1, 0.15) is 17.3 Å². The molecule has 2 saturated heterocycles. The summed E-state index contributed by atoms with van der Waals surface area (Å²) in [5.74, 6) is 2.22. The Labute approximate surface area is 165 Å². The minimum Gasteiger partial charge on any atom is -0.330 e. The number of nitrogens with two attached hydrogens (primary N) is 1. The molecule has 6 nitrogen and oxygen atoms in total. The molecule has 0 amide bonds. The molecule has 4 N–H and O–H groups in total. The van der Waals surface area contributed by atoms with Crippen LogP contribution in [-0.2, 0) is 14.4 Å². The van der Waals surface area contributed by atoms with Crippen molar-refractivity contribution in [2.24, 2.45) is 29.4 Å². The summed E-state index contributed by atoms with van der Waals surface area (Å²) in [5.41, 5.74) is 5.26. The molecule has 2 fully saturated rings. The van der Waals surface area contributed by atoms with Gasteiger partial charge in [-0.2, -0.15) is 0 Å². The molecule has 2 rings (SSSR count). The molecule has 4 unspecified atom stereocenters. The van der Waals surface area contributed by atoms with E-state index in [0.717, 1.165) is 51.9 Å². The number of ketones is 3. The van der Waals surface area contributed by atoms with E-state index in [2.05, 4.69) is 17.6 Å². The second-order valence-electron chi connectivity index (χ2n) is 7.91. The van der Waals surface area contributed by atoms with Crippen LogP contribution in [0, 0.1) is 23.7 Å². The number of Topliss-reactive ketones (excluding diaryl/α,β-unsaturated/α-hetero) is 3. The lowest BCUT2D eigenvalue weighted by Gasteiger charge is -2.25. The van der Waals surface area contributed by atoms with E-state index < -0.39 is 0 Å². The number of piperidine rings is 2. The third kappa shape index (κ3) is 12.1. The highest BCUT2D eigenvalue weighted by Gasteiger charge is 2.21. The second kappa shape index (κ2) is 14.9. The zero-order valence-electron chi connectivity index (χ0n) is 18.0. The number of nitrogens with one attached hydrogen (secondary N) is 2. The number of rotatable bonds is 5. The fourth-order valence-electron chi connectivity index (χ4n) is 3.28. The van der Waals surface area contributed by atoms with E-state index in [0.29, 0.717) is 29.9 Å². The summed E-state index contributed by atoms with van der Waals surface area (Å²) >= 11 is 0. The smallest absolute Gasteiger partial charge is 0.134 e. The number of carbonyl (C=O) groups is 3. The average molecular weight is 384 g/mol. The van der Waals surface area contributed by atoms with Crippen molar-refractivity contribution in [2.45, 2.75) is 60.3 Å². The molecule has 2 aliphatic rings. The maximum Gasteiger partial charge on any atom is 0.134 e. The minimum atomic E-state index is 0.0926. The maximum absolute atomic E-state index is 10.9. The Kier molecular flexibility index (Phi) is 14.3. The molecule has 0 saturated carbocycles. The Morgan fingerprint density at radius 1 is 1.00 bits per heavy atom. The first kappa shape index (κ1) is 25.9. The number of carbonyl (C=O) groups excluding carboxylic acids is 3. The Balaban J connectivity index is 0.000000379. The van der Waals surface area contributed by atoms with Crippen LogP contribution in [0.2, 0.25) is 0 Å². The monoisotopic (exact) mass is 383 g/mol. The fraction of sp³-hybridized carbons (Fsp3) is 0.857. The fourth-order valence-corrected chi connectivity index (χ4v) is 3.28. The third-order valence-electron chi connectivity index (χ3n) is 5.37. The average Bonchev–Trinajstić information content (AvgIpc) is 2.64. The maximum atomic E-state index is 10.9.